The minimum atomic E-state index is 1.05. The van der Waals surface area contributed by atoms with E-state index in [2.05, 4.69) is 40.2 Å². The van der Waals surface area contributed by atoms with E-state index in [1.165, 1.54) is 44.7 Å². The van der Waals surface area contributed by atoms with Gasteiger partial charge in [0.05, 0.1) is 0 Å². The standard InChI is InChI=1S/C16H25N3/c1-2-18-8-10-19(11-9-18)13-15-5-3-4-14-12-17-7-6-16(14)15/h3-5,17H,2,6-13H2,1H3. The highest BCUT2D eigenvalue weighted by Gasteiger charge is 2.18. The van der Waals surface area contributed by atoms with Crippen molar-refractivity contribution in [2.24, 2.45) is 0 Å². The largest absolute Gasteiger partial charge is 0.312 e. The van der Waals surface area contributed by atoms with Gasteiger partial charge in [-0.05, 0) is 36.2 Å². The number of nitrogens with zero attached hydrogens (tertiary/aromatic N) is 2. The average Bonchev–Trinajstić information content (AvgIpc) is 2.48. The Morgan fingerprint density at radius 1 is 1.11 bits per heavy atom. The maximum Gasteiger partial charge on any atom is 0.0237 e. The van der Waals surface area contributed by atoms with Crippen molar-refractivity contribution in [1.29, 1.82) is 0 Å². The lowest BCUT2D eigenvalue weighted by atomic mass is 9.95. The third-order valence-electron chi connectivity index (χ3n) is 4.54. The van der Waals surface area contributed by atoms with Crippen molar-refractivity contribution in [3.63, 3.8) is 0 Å². The van der Waals surface area contributed by atoms with Gasteiger partial charge in [-0.3, -0.25) is 4.90 Å². The Morgan fingerprint density at radius 3 is 2.68 bits per heavy atom. The third kappa shape index (κ3) is 2.99. The van der Waals surface area contributed by atoms with Gasteiger partial charge in [0.2, 0.25) is 0 Å². The maximum atomic E-state index is 3.46. The molecule has 3 nitrogen and oxygen atoms in total. The highest BCUT2D eigenvalue weighted by atomic mass is 15.3. The molecule has 0 unspecified atom stereocenters. The number of nitrogens with one attached hydrogen (secondary N) is 1. The molecule has 0 aromatic heterocycles. The first kappa shape index (κ1) is 13.1. The second-order valence-corrected chi connectivity index (χ2v) is 5.69. The lowest BCUT2D eigenvalue weighted by Crippen LogP contribution is -2.45. The topological polar surface area (TPSA) is 18.5 Å². The Labute approximate surface area is 116 Å². The first-order chi connectivity index (χ1) is 9.36. The van der Waals surface area contributed by atoms with Crippen molar-refractivity contribution in [3.8, 4) is 0 Å². The van der Waals surface area contributed by atoms with Crippen molar-refractivity contribution < 1.29 is 0 Å². The molecule has 0 spiro atoms. The summed E-state index contributed by atoms with van der Waals surface area (Å²) in [7, 11) is 0. The second kappa shape index (κ2) is 6.04. The minimum absolute atomic E-state index is 1.05. The maximum absolute atomic E-state index is 3.46. The summed E-state index contributed by atoms with van der Waals surface area (Å²) in [4.78, 5) is 5.16. The number of hydrogen-bond donors (Lipinski definition) is 1. The molecule has 1 saturated heterocycles. The fourth-order valence-electron chi connectivity index (χ4n) is 3.26. The van der Waals surface area contributed by atoms with Gasteiger partial charge < -0.3 is 10.2 Å². The van der Waals surface area contributed by atoms with Crippen molar-refractivity contribution in [3.05, 3.63) is 34.9 Å². The van der Waals surface area contributed by atoms with Gasteiger partial charge in [0.25, 0.3) is 0 Å². The van der Waals surface area contributed by atoms with Crippen LogP contribution in [-0.4, -0.2) is 49.1 Å². The second-order valence-electron chi connectivity index (χ2n) is 5.69. The van der Waals surface area contributed by atoms with Crippen LogP contribution in [-0.2, 0) is 19.5 Å². The predicted molar refractivity (Wildman–Crippen MR) is 79.2 cm³/mol. The van der Waals surface area contributed by atoms with E-state index < -0.39 is 0 Å². The molecule has 2 aliphatic rings. The van der Waals surface area contributed by atoms with E-state index in [0.717, 1.165) is 19.6 Å². The van der Waals surface area contributed by atoms with Gasteiger partial charge in [-0.2, -0.15) is 0 Å². The van der Waals surface area contributed by atoms with Crippen molar-refractivity contribution in [2.75, 3.05) is 39.3 Å². The molecule has 0 amide bonds. The lowest BCUT2D eigenvalue weighted by Gasteiger charge is -2.34. The van der Waals surface area contributed by atoms with Gasteiger partial charge in [0.1, 0.15) is 0 Å². The molecule has 0 aliphatic carbocycles. The van der Waals surface area contributed by atoms with Crippen LogP contribution in [0.25, 0.3) is 0 Å². The molecule has 0 saturated carbocycles. The highest BCUT2D eigenvalue weighted by molar-refractivity contribution is 5.37. The summed E-state index contributed by atoms with van der Waals surface area (Å²) in [5, 5.41) is 3.46. The SMILES string of the molecule is CCN1CCN(Cc2cccc3c2CCNC3)CC1. The molecule has 2 heterocycles. The lowest BCUT2D eigenvalue weighted by molar-refractivity contribution is 0.131. The van der Waals surface area contributed by atoms with E-state index in [4.69, 9.17) is 0 Å². The Morgan fingerprint density at radius 2 is 1.89 bits per heavy atom. The van der Waals surface area contributed by atoms with Gasteiger partial charge in [0, 0.05) is 39.3 Å². The summed E-state index contributed by atoms with van der Waals surface area (Å²) < 4.78 is 0. The van der Waals surface area contributed by atoms with Gasteiger partial charge in [-0.25, -0.2) is 0 Å². The fourth-order valence-corrected chi connectivity index (χ4v) is 3.26. The number of piperazine rings is 1. The van der Waals surface area contributed by atoms with Gasteiger partial charge in [-0.1, -0.05) is 25.1 Å². The molecular weight excluding hydrogens is 234 g/mol. The van der Waals surface area contributed by atoms with Crippen LogP contribution >= 0.6 is 0 Å². The molecule has 104 valence electrons. The van der Waals surface area contributed by atoms with Crippen LogP contribution in [0.4, 0.5) is 0 Å². The smallest absolute Gasteiger partial charge is 0.0237 e. The van der Waals surface area contributed by atoms with Crippen LogP contribution in [0.5, 0.6) is 0 Å². The number of fused-ring (bicyclic) bond motifs is 1. The third-order valence-corrected chi connectivity index (χ3v) is 4.54. The zero-order chi connectivity index (χ0) is 13.1. The first-order valence-electron chi connectivity index (χ1n) is 7.62. The molecule has 2 aliphatic heterocycles. The molecule has 19 heavy (non-hydrogen) atoms. The molecule has 3 heteroatoms. The van der Waals surface area contributed by atoms with Crippen molar-refractivity contribution in [1.82, 2.24) is 15.1 Å². The summed E-state index contributed by atoms with van der Waals surface area (Å²) in [6, 6.07) is 6.83. The van der Waals surface area contributed by atoms with Crippen molar-refractivity contribution in [2.45, 2.75) is 26.4 Å². The molecule has 0 bridgehead atoms. The summed E-state index contributed by atoms with van der Waals surface area (Å²) in [6.07, 6.45) is 1.19. The van der Waals surface area contributed by atoms with E-state index in [1.807, 2.05) is 0 Å². The normalized spacial score (nSPS) is 21.3. The quantitative estimate of drug-likeness (QED) is 0.887. The molecule has 0 atom stereocenters. The predicted octanol–water partition coefficient (Wildman–Crippen LogP) is 1.47. The summed E-state index contributed by atoms with van der Waals surface area (Å²) in [5.41, 5.74) is 4.68. The Kier molecular flexibility index (Phi) is 4.16. The Hall–Kier alpha value is -0.900. The van der Waals surface area contributed by atoms with E-state index in [-0.39, 0.29) is 0 Å². The summed E-state index contributed by atoms with van der Waals surface area (Å²) in [6.45, 7) is 11.7. The van der Waals surface area contributed by atoms with E-state index in [1.54, 1.807) is 11.1 Å². The molecule has 1 fully saturated rings. The fraction of sp³-hybridized carbons (Fsp3) is 0.625. The van der Waals surface area contributed by atoms with E-state index in [0.29, 0.717) is 0 Å². The van der Waals surface area contributed by atoms with Crippen LogP contribution in [0.1, 0.15) is 23.6 Å². The number of likely N-dealkylation sites (N-methyl/N-ethyl adjacent to an activating group) is 1. The summed E-state index contributed by atoms with van der Waals surface area (Å²) in [5.74, 6) is 0. The van der Waals surface area contributed by atoms with Gasteiger partial charge in [0.15, 0.2) is 0 Å². The number of benzene rings is 1. The van der Waals surface area contributed by atoms with Crippen LogP contribution in [0.15, 0.2) is 18.2 Å². The Bertz CT molecular complexity index is 422. The highest BCUT2D eigenvalue weighted by Crippen LogP contribution is 2.20. The van der Waals surface area contributed by atoms with Crippen LogP contribution in [0.2, 0.25) is 0 Å². The van der Waals surface area contributed by atoms with Gasteiger partial charge in [-0.15, -0.1) is 0 Å². The van der Waals surface area contributed by atoms with Gasteiger partial charge >= 0.3 is 0 Å². The molecule has 3 rings (SSSR count). The zero-order valence-electron chi connectivity index (χ0n) is 12.0. The number of hydrogen-bond acceptors (Lipinski definition) is 3. The van der Waals surface area contributed by atoms with Crippen LogP contribution < -0.4 is 5.32 Å². The van der Waals surface area contributed by atoms with E-state index >= 15 is 0 Å². The van der Waals surface area contributed by atoms with E-state index in [9.17, 15) is 0 Å². The number of rotatable bonds is 3. The minimum Gasteiger partial charge on any atom is -0.312 e. The monoisotopic (exact) mass is 259 g/mol. The molecular formula is C16H25N3. The first-order valence-corrected chi connectivity index (χ1v) is 7.62. The molecule has 0 radical (unpaired) electrons. The summed E-state index contributed by atoms with van der Waals surface area (Å²) >= 11 is 0. The van der Waals surface area contributed by atoms with Crippen LogP contribution in [0, 0.1) is 0 Å². The van der Waals surface area contributed by atoms with Crippen LogP contribution in [0.3, 0.4) is 0 Å². The molecule has 1 aromatic rings. The molecule has 1 aromatic carbocycles. The molecule has 1 N–H and O–H groups in total. The average molecular weight is 259 g/mol. The Balaban J connectivity index is 1.67. The zero-order valence-corrected chi connectivity index (χ0v) is 12.0. The van der Waals surface area contributed by atoms with Crippen molar-refractivity contribution >= 4 is 0 Å².